The highest BCUT2D eigenvalue weighted by Crippen LogP contribution is 2.67. The maximum atomic E-state index is 16.5. The van der Waals surface area contributed by atoms with Crippen LogP contribution in [0, 0.1) is 11.3 Å². The van der Waals surface area contributed by atoms with Crippen molar-refractivity contribution in [2.24, 2.45) is 16.4 Å². The molecular weight excluding hydrogens is 624 g/mol. The summed E-state index contributed by atoms with van der Waals surface area (Å²) >= 11 is 0. The van der Waals surface area contributed by atoms with E-state index in [4.69, 9.17) is 0 Å². The summed E-state index contributed by atoms with van der Waals surface area (Å²) in [7, 11) is 1.84. The number of halogens is 4. The van der Waals surface area contributed by atoms with Crippen molar-refractivity contribution in [2.45, 2.75) is 90.3 Å². The van der Waals surface area contributed by atoms with E-state index in [1.54, 1.807) is 11.1 Å². The molecule has 3 atom stereocenters. The number of alkyl halides is 3. The summed E-state index contributed by atoms with van der Waals surface area (Å²) in [5.74, 6) is -0.562. The van der Waals surface area contributed by atoms with Crippen molar-refractivity contribution >= 4 is 17.5 Å². The standard InChI is InChI=1S/C41H46F4N4/c1-8-12-15-26-17-18-28-34-27(26)21-23-48-37(34)35-29(19-20-30(42)36(35)38(28,5)6)39(9-2,40(48,10-3)11-4)25-49-32(24-33(46-49)41(43,44)45)31-16-13-14-22-47(31)7/h10,13-14,16-23,29H,3,8-9,11-12,15,24-25H2,1-2,4-7H3. The van der Waals surface area contributed by atoms with Gasteiger partial charge in [-0.25, -0.2) is 4.39 Å². The van der Waals surface area contributed by atoms with Crippen molar-refractivity contribution in [3.8, 4) is 0 Å². The zero-order valence-corrected chi connectivity index (χ0v) is 29.4. The zero-order chi connectivity index (χ0) is 35.1. The second-order valence-corrected chi connectivity index (χ2v) is 14.7. The summed E-state index contributed by atoms with van der Waals surface area (Å²) in [6.45, 7) is 15.3. The van der Waals surface area contributed by atoms with Gasteiger partial charge in [0.2, 0.25) is 0 Å². The first-order valence-electron chi connectivity index (χ1n) is 17.6. The Bertz CT molecular complexity index is 1860. The van der Waals surface area contributed by atoms with Gasteiger partial charge in [0.15, 0.2) is 0 Å². The van der Waals surface area contributed by atoms with Crippen molar-refractivity contribution in [3.05, 3.63) is 118 Å². The number of hydrogen-bond donors (Lipinski definition) is 0. The lowest BCUT2D eigenvalue weighted by Gasteiger charge is -2.65. The van der Waals surface area contributed by atoms with E-state index in [0.29, 0.717) is 29.8 Å². The van der Waals surface area contributed by atoms with Crippen LogP contribution < -0.4 is 0 Å². The minimum atomic E-state index is -4.57. The number of aryl methyl sites for hydroxylation is 1. The maximum Gasteiger partial charge on any atom is 0.431 e. The van der Waals surface area contributed by atoms with Gasteiger partial charge in [-0.1, -0.05) is 71.4 Å². The third kappa shape index (κ3) is 4.51. The third-order valence-corrected chi connectivity index (χ3v) is 12.2. The average Bonchev–Trinajstić information content (AvgIpc) is 3.50. The van der Waals surface area contributed by atoms with Crippen LogP contribution in [0.25, 0.3) is 11.8 Å². The summed E-state index contributed by atoms with van der Waals surface area (Å²) in [6.07, 6.45) is 16.8. The molecule has 258 valence electrons. The molecule has 1 aromatic rings. The van der Waals surface area contributed by atoms with E-state index in [0.717, 1.165) is 41.7 Å². The van der Waals surface area contributed by atoms with Gasteiger partial charge in [-0.05, 0) is 72.3 Å². The van der Waals surface area contributed by atoms with E-state index >= 15 is 4.39 Å². The first-order valence-corrected chi connectivity index (χ1v) is 17.6. The van der Waals surface area contributed by atoms with E-state index in [1.807, 2.05) is 48.5 Å². The van der Waals surface area contributed by atoms with Gasteiger partial charge < -0.3 is 9.80 Å². The number of hydrogen-bond acceptors (Lipinski definition) is 4. The normalized spacial score (nSPS) is 29.3. The SMILES string of the molecule is C=CC1(CC)N2C=Cc3c(CCCC)ccc4c3C2=C2C(=C(F)C=CC2C1(CC)CN1N=C(C(F)(F)F)CC1=C1C=CC=CN1C)C4(C)C. The monoisotopic (exact) mass is 670 g/mol. The number of nitrogens with zero attached hydrogens (tertiary/aromatic N) is 4. The summed E-state index contributed by atoms with van der Waals surface area (Å²) < 4.78 is 59.7. The number of unbranched alkanes of at least 4 members (excludes halogenated alkanes) is 1. The Hall–Kier alpha value is -4.07. The number of rotatable bonds is 8. The van der Waals surface area contributed by atoms with Crippen LogP contribution in [0.3, 0.4) is 0 Å². The lowest BCUT2D eigenvalue weighted by molar-refractivity contribution is -0.0603. The van der Waals surface area contributed by atoms with E-state index in [1.165, 1.54) is 11.1 Å². The van der Waals surface area contributed by atoms with Gasteiger partial charge in [-0.2, -0.15) is 18.3 Å². The number of hydrazone groups is 1. The van der Waals surface area contributed by atoms with Crippen LogP contribution in [-0.4, -0.2) is 45.8 Å². The van der Waals surface area contributed by atoms with Gasteiger partial charge in [0, 0.05) is 53.8 Å². The fraction of sp³-hybridized carbons (Fsp3) is 0.439. The maximum absolute atomic E-state index is 16.5. The number of benzene rings is 1. The topological polar surface area (TPSA) is 22.1 Å². The molecule has 8 heteroatoms. The highest BCUT2D eigenvalue weighted by atomic mass is 19.4. The van der Waals surface area contributed by atoms with Crippen molar-refractivity contribution in [2.75, 3.05) is 13.6 Å². The summed E-state index contributed by atoms with van der Waals surface area (Å²) in [5, 5.41) is 5.95. The van der Waals surface area contributed by atoms with E-state index in [2.05, 4.69) is 75.6 Å². The van der Waals surface area contributed by atoms with Crippen molar-refractivity contribution in [1.82, 2.24) is 14.8 Å². The summed E-state index contributed by atoms with van der Waals surface area (Å²) in [5.41, 5.74) is 5.59. The molecule has 7 rings (SSSR count). The Kier molecular flexibility index (Phi) is 7.84. The molecule has 0 saturated heterocycles. The predicted molar refractivity (Wildman–Crippen MR) is 190 cm³/mol. The Morgan fingerprint density at radius 1 is 1.04 bits per heavy atom. The predicted octanol–water partition coefficient (Wildman–Crippen LogP) is 10.3. The van der Waals surface area contributed by atoms with Crippen molar-refractivity contribution in [1.29, 1.82) is 0 Å². The lowest BCUT2D eigenvalue weighted by Crippen LogP contribution is -2.66. The van der Waals surface area contributed by atoms with Crippen LogP contribution in [0.5, 0.6) is 0 Å². The first-order chi connectivity index (χ1) is 23.3. The molecule has 4 heterocycles. The minimum absolute atomic E-state index is 0.189. The molecule has 2 aliphatic carbocycles. The molecule has 0 amide bonds. The fourth-order valence-corrected chi connectivity index (χ4v) is 9.74. The number of allylic oxidation sites excluding steroid dienone is 9. The van der Waals surface area contributed by atoms with Gasteiger partial charge in [0.05, 0.1) is 29.2 Å². The zero-order valence-electron chi connectivity index (χ0n) is 29.4. The molecular formula is C41H46F4N4. The van der Waals surface area contributed by atoms with Gasteiger partial charge >= 0.3 is 6.18 Å². The molecule has 49 heavy (non-hydrogen) atoms. The molecule has 0 aromatic heterocycles. The molecule has 1 aromatic carbocycles. The lowest BCUT2D eigenvalue weighted by atomic mass is 9.49. The molecule has 3 unspecified atom stereocenters. The second kappa shape index (κ2) is 11.5. The molecule has 0 spiro atoms. The third-order valence-electron chi connectivity index (χ3n) is 12.2. The van der Waals surface area contributed by atoms with Crippen LogP contribution in [0.4, 0.5) is 17.6 Å². The van der Waals surface area contributed by atoms with Crippen LogP contribution in [0.1, 0.15) is 89.0 Å². The van der Waals surface area contributed by atoms with Crippen LogP contribution in [-0.2, 0) is 11.8 Å². The van der Waals surface area contributed by atoms with Gasteiger partial charge in [-0.15, -0.1) is 6.58 Å². The van der Waals surface area contributed by atoms with E-state index < -0.39 is 28.3 Å². The molecule has 0 N–H and O–H groups in total. The number of likely N-dealkylation sites (N-methyl/N-ethyl adjacent to an activating group) is 1. The quantitative estimate of drug-likeness (QED) is 0.203. The molecule has 0 saturated carbocycles. The Morgan fingerprint density at radius 3 is 2.47 bits per heavy atom. The van der Waals surface area contributed by atoms with Gasteiger partial charge in [-0.3, -0.25) is 5.01 Å². The van der Waals surface area contributed by atoms with Gasteiger partial charge in [0.1, 0.15) is 11.5 Å². The van der Waals surface area contributed by atoms with Crippen LogP contribution >= 0.6 is 0 Å². The second-order valence-electron chi connectivity index (χ2n) is 14.7. The Balaban J connectivity index is 1.51. The molecule has 6 aliphatic rings. The van der Waals surface area contributed by atoms with Crippen LogP contribution in [0.2, 0.25) is 0 Å². The average molecular weight is 671 g/mol. The Labute approximate surface area is 287 Å². The van der Waals surface area contributed by atoms with E-state index in [9.17, 15) is 13.2 Å². The highest BCUT2D eigenvalue weighted by molar-refractivity contribution is 5.93. The van der Waals surface area contributed by atoms with E-state index in [-0.39, 0.29) is 24.7 Å². The van der Waals surface area contributed by atoms with Crippen molar-refractivity contribution < 1.29 is 17.6 Å². The largest absolute Gasteiger partial charge is 0.431 e. The smallest absolute Gasteiger partial charge is 0.350 e. The molecule has 0 bridgehead atoms. The minimum Gasteiger partial charge on any atom is -0.350 e. The summed E-state index contributed by atoms with van der Waals surface area (Å²) in [6, 6.07) is 4.41. The molecule has 0 fully saturated rings. The first kappa shape index (κ1) is 33.4. The Morgan fingerprint density at radius 2 is 1.82 bits per heavy atom. The highest BCUT2D eigenvalue weighted by Gasteiger charge is 2.64. The summed E-state index contributed by atoms with van der Waals surface area (Å²) in [4.78, 5) is 4.15. The molecule has 4 aliphatic heterocycles. The molecule has 0 radical (unpaired) electrons. The fourth-order valence-electron chi connectivity index (χ4n) is 9.74. The van der Waals surface area contributed by atoms with Gasteiger partial charge in [0.25, 0.3) is 0 Å². The molecule has 4 nitrogen and oxygen atoms in total. The van der Waals surface area contributed by atoms with Crippen LogP contribution in [0.15, 0.2) is 101 Å². The van der Waals surface area contributed by atoms with Crippen molar-refractivity contribution in [3.63, 3.8) is 0 Å².